The summed E-state index contributed by atoms with van der Waals surface area (Å²) in [5.74, 6) is 0.823. The van der Waals surface area contributed by atoms with Gasteiger partial charge in [0, 0.05) is 15.5 Å². The number of halogens is 3. The van der Waals surface area contributed by atoms with Crippen LogP contribution in [-0.2, 0) is 10.0 Å². The summed E-state index contributed by atoms with van der Waals surface area (Å²) in [6.45, 7) is 5.97. The molecule has 23 heavy (non-hydrogen) atoms. The van der Waals surface area contributed by atoms with Crippen LogP contribution in [-0.4, -0.2) is 39.5 Å². The Labute approximate surface area is 162 Å². The number of benzene rings is 1. The van der Waals surface area contributed by atoms with Gasteiger partial charge >= 0.3 is 0 Å². The molecule has 1 aromatic rings. The zero-order chi connectivity index (χ0) is 16.2. The van der Waals surface area contributed by atoms with Crippen LogP contribution in [0.3, 0.4) is 0 Å². The summed E-state index contributed by atoms with van der Waals surface area (Å²) in [6.07, 6.45) is 3.33. The number of piperidine rings is 1. The highest BCUT2D eigenvalue weighted by Crippen LogP contribution is 2.25. The van der Waals surface area contributed by atoms with E-state index in [1.165, 1.54) is 12.8 Å². The van der Waals surface area contributed by atoms with E-state index in [-0.39, 0.29) is 17.3 Å². The van der Waals surface area contributed by atoms with Gasteiger partial charge in [0.05, 0.1) is 4.90 Å². The normalized spacial score (nSPS) is 17.0. The molecular weight excluding hydrogens is 468 g/mol. The van der Waals surface area contributed by atoms with Gasteiger partial charge in [-0.1, -0.05) is 22.9 Å². The number of hydrogen-bond donors (Lipinski definition) is 1. The minimum absolute atomic E-state index is 0. The van der Waals surface area contributed by atoms with Gasteiger partial charge in [0.1, 0.15) is 0 Å². The van der Waals surface area contributed by atoms with Crippen LogP contribution in [0.25, 0.3) is 0 Å². The second-order valence-corrected chi connectivity index (χ2v) is 9.36. The van der Waals surface area contributed by atoms with Gasteiger partial charge in [-0.15, -0.1) is 12.4 Å². The van der Waals surface area contributed by atoms with E-state index in [1.807, 2.05) is 0 Å². The Morgan fingerprint density at radius 1 is 1.26 bits per heavy atom. The Kier molecular flexibility index (Phi) is 9.04. The van der Waals surface area contributed by atoms with Crippen LogP contribution in [0.2, 0.25) is 0 Å². The Balaban J connectivity index is 0.00000264. The fourth-order valence-electron chi connectivity index (χ4n) is 2.56. The molecule has 1 saturated heterocycles. The molecule has 1 heterocycles. The van der Waals surface area contributed by atoms with Gasteiger partial charge in [0.15, 0.2) is 0 Å². The maximum atomic E-state index is 12.3. The predicted molar refractivity (Wildman–Crippen MR) is 104 cm³/mol. The molecule has 8 heteroatoms. The van der Waals surface area contributed by atoms with Crippen LogP contribution in [0.1, 0.15) is 26.2 Å². The fraction of sp³-hybridized carbons (Fsp3) is 0.600. The van der Waals surface area contributed by atoms with Gasteiger partial charge in [-0.05, 0) is 78.9 Å². The topological polar surface area (TPSA) is 49.4 Å². The van der Waals surface area contributed by atoms with Gasteiger partial charge in [-0.25, -0.2) is 13.1 Å². The first-order chi connectivity index (χ1) is 10.4. The van der Waals surface area contributed by atoms with E-state index >= 15 is 0 Å². The molecule has 1 aromatic carbocycles. The predicted octanol–water partition coefficient (Wildman–Crippen LogP) is 4.03. The molecule has 2 rings (SSSR count). The Hall–Kier alpha value is 0.340. The standard InChI is InChI=1S/C15H22Br2N2O2S.ClH/c1-12-5-9-19(10-6-12)8-2-7-18-22(20,21)15-11-13(16)3-4-14(15)17;/h3-4,11-12,18H,2,5-10H2,1H3;1H. The molecule has 0 unspecified atom stereocenters. The second kappa shape index (κ2) is 9.73. The van der Waals surface area contributed by atoms with E-state index < -0.39 is 10.0 Å². The lowest BCUT2D eigenvalue weighted by Gasteiger charge is -2.30. The zero-order valence-corrected chi connectivity index (χ0v) is 17.9. The summed E-state index contributed by atoms with van der Waals surface area (Å²) >= 11 is 6.60. The zero-order valence-electron chi connectivity index (χ0n) is 13.1. The number of nitrogens with one attached hydrogen (secondary N) is 1. The first kappa shape index (κ1) is 21.4. The Morgan fingerprint density at radius 3 is 2.57 bits per heavy atom. The van der Waals surface area contributed by atoms with E-state index in [0.717, 1.165) is 36.4 Å². The molecule has 4 nitrogen and oxygen atoms in total. The maximum Gasteiger partial charge on any atom is 0.241 e. The molecule has 1 fully saturated rings. The van der Waals surface area contributed by atoms with Crippen molar-refractivity contribution in [3.05, 3.63) is 27.1 Å². The first-order valence-corrected chi connectivity index (χ1v) is 10.6. The highest BCUT2D eigenvalue weighted by molar-refractivity contribution is 9.11. The molecule has 132 valence electrons. The van der Waals surface area contributed by atoms with Crippen molar-refractivity contribution in [3.8, 4) is 0 Å². The van der Waals surface area contributed by atoms with Crippen LogP contribution in [0.4, 0.5) is 0 Å². The number of likely N-dealkylation sites (tertiary alicyclic amines) is 1. The maximum absolute atomic E-state index is 12.3. The van der Waals surface area contributed by atoms with Crippen molar-refractivity contribution < 1.29 is 8.42 Å². The van der Waals surface area contributed by atoms with Crippen molar-refractivity contribution in [1.82, 2.24) is 9.62 Å². The van der Waals surface area contributed by atoms with Crippen molar-refractivity contribution in [3.63, 3.8) is 0 Å². The molecular formula is C15H23Br2ClN2O2S. The lowest BCUT2D eigenvalue weighted by Crippen LogP contribution is -2.35. The average Bonchev–Trinajstić information content (AvgIpc) is 2.48. The SMILES string of the molecule is CC1CCN(CCCNS(=O)(=O)c2cc(Br)ccc2Br)CC1.Cl. The number of nitrogens with zero attached hydrogens (tertiary/aromatic N) is 1. The van der Waals surface area contributed by atoms with Crippen LogP contribution in [0.5, 0.6) is 0 Å². The summed E-state index contributed by atoms with van der Waals surface area (Å²) in [4.78, 5) is 2.69. The van der Waals surface area contributed by atoms with Crippen molar-refractivity contribution in [1.29, 1.82) is 0 Å². The Bertz CT molecular complexity index is 605. The van der Waals surface area contributed by atoms with E-state index in [4.69, 9.17) is 0 Å². The van der Waals surface area contributed by atoms with Crippen molar-refractivity contribution in [2.24, 2.45) is 5.92 Å². The molecule has 0 aliphatic carbocycles. The number of sulfonamides is 1. The summed E-state index contributed by atoms with van der Waals surface area (Å²) in [5.41, 5.74) is 0. The van der Waals surface area contributed by atoms with E-state index in [9.17, 15) is 8.42 Å². The lowest BCUT2D eigenvalue weighted by atomic mass is 9.99. The highest BCUT2D eigenvalue weighted by atomic mass is 79.9. The van der Waals surface area contributed by atoms with Gasteiger partial charge in [0.25, 0.3) is 0 Å². The van der Waals surface area contributed by atoms with Gasteiger partial charge in [-0.2, -0.15) is 0 Å². The molecule has 0 radical (unpaired) electrons. The third-order valence-electron chi connectivity index (χ3n) is 4.00. The molecule has 0 amide bonds. The summed E-state index contributed by atoms with van der Waals surface area (Å²) in [7, 11) is -3.47. The minimum atomic E-state index is -3.47. The van der Waals surface area contributed by atoms with Crippen LogP contribution in [0.15, 0.2) is 32.0 Å². The fourth-order valence-corrected chi connectivity index (χ4v) is 5.13. The van der Waals surface area contributed by atoms with Crippen molar-refractivity contribution >= 4 is 54.3 Å². The van der Waals surface area contributed by atoms with Gasteiger partial charge in [0.2, 0.25) is 10.0 Å². The number of rotatable bonds is 6. The molecule has 1 aliphatic rings. The third-order valence-corrected chi connectivity index (χ3v) is 6.95. The molecule has 1 aliphatic heterocycles. The molecule has 0 bridgehead atoms. The molecule has 0 atom stereocenters. The lowest BCUT2D eigenvalue weighted by molar-refractivity contribution is 0.191. The molecule has 1 N–H and O–H groups in total. The monoisotopic (exact) mass is 488 g/mol. The van der Waals surface area contributed by atoms with Gasteiger partial charge in [-0.3, -0.25) is 0 Å². The Morgan fingerprint density at radius 2 is 1.91 bits per heavy atom. The highest BCUT2D eigenvalue weighted by Gasteiger charge is 2.18. The van der Waals surface area contributed by atoms with Crippen LogP contribution >= 0.6 is 44.3 Å². The average molecular weight is 491 g/mol. The summed E-state index contributed by atoms with van der Waals surface area (Å²) < 4.78 is 28.7. The molecule has 0 spiro atoms. The summed E-state index contributed by atoms with van der Waals surface area (Å²) in [6, 6.07) is 5.15. The molecule has 0 saturated carbocycles. The summed E-state index contributed by atoms with van der Waals surface area (Å²) in [5, 5.41) is 0. The second-order valence-electron chi connectivity index (χ2n) is 5.85. The van der Waals surface area contributed by atoms with Crippen molar-refractivity contribution in [2.45, 2.75) is 31.1 Å². The van der Waals surface area contributed by atoms with E-state index in [2.05, 4.69) is 48.4 Å². The quantitative estimate of drug-likeness (QED) is 0.613. The van der Waals surface area contributed by atoms with Gasteiger partial charge < -0.3 is 4.90 Å². The first-order valence-electron chi connectivity index (χ1n) is 7.55. The van der Waals surface area contributed by atoms with E-state index in [1.54, 1.807) is 18.2 Å². The third kappa shape index (κ3) is 6.63. The van der Waals surface area contributed by atoms with Crippen LogP contribution < -0.4 is 4.72 Å². The van der Waals surface area contributed by atoms with Crippen LogP contribution in [0, 0.1) is 5.92 Å². The smallest absolute Gasteiger partial charge is 0.241 e. The molecule has 0 aromatic heterocycles. The minimum Gasteiger partial charge on any atom is -0.303 e. The van der Waals surface area contributed by atoms with Crippen molar-refractivity contribution in [2.75, 3.05) is 26.2 Å². The largest absolute Gasteiger partial charge is 0.303 e. The van der Waals surface area contributed by atoms with E-state index in [0.29, 0.717) is 11.0 Å². The number of hydrogen-bond acceptors (Lipinski definition) is 3.